The highest BCUT2D eigenvalue weighted by Gasteiger charge is 2.76. The maximum Gasteiger partial charge on any atom is 0.303 e. The molecule has 9 atom stereocenters. The summed E-state index contributed by atoms with van der Waals surface area (Å²) in [6.45, 7) is 5.53. The monoisotopic (exact) mass is 450 g/mol. The minimum atomic E-state index is -2.19. The molecule has 0 heterocycles. The second-order valence-electron chi connectivity index (χ2n) is 10.5. The van der Waals surface area contributed by atoms with Crippen molar-refractivity contribution in [1.29, 1.82) is 0 Å². The molecule has 3 fully saturated rings. The van der Waals surface area contributed by atoms with E-state index < -0.39 is 70.4 Å². The highest BCUT2D eigenvalue weighted by Crippen LogP contribution is 2.70. The number of halogens is 1. The number of rotatable bonds is 3. The van der Waals surface area contributed by atoms with Gasteiger partial charge < -0.3 is 20.1 Å². The molecular formula is C24H31FO7. The van der Waals surface area contributed by atoms with Crippen molar-refractivity contribution < 1.29 is 38.8 Å². The van der Waals surface area contributed by atoms with Crippen molar-refractivity contribution in [2.24, 2.45) is 28.6 Å². The molecule has 0 saturated heterocycles. The fourth-order valence-electron chi connectivity index (χ4n) is 7.46. The van der Waals surface area contributed by atoms with E-state index in [2.05, 4.69) is 0 Å². The number of aliphatic hydroxyl groups excluding tert-OH is 2. The highest BCUT2D eigenvalue weighted by atomic mass is 19.1. The van der Waals surface area contributed by atoms with E-state index in [1.165, 1.54) is 25.2 Å². The summed E-state index contributed by atoms with van der Waals surface area (Å²) in [6.07, 6.45) is 1.41. The van der Waals surface area contributed by atoms with E-state index in [0.29, 0.717) is 6.42 Å². The predicted octanol–water partition coefficient (Wildman–Crippen LogP) is 1.44. The van der Waals surface area contributed by atoms with E-state index in [9.17, 15) is 29.7 Å². The number of hydrogen-bond acceptors (Lipinski definition) is 7. The molecule has 0 aromatic rings. The van der Waals surface area contributed by atoms with Gasteiger partial charge in [-0.05, 0) is 55.7 Å². The Kier molecular flexibility index (Phi) is 5.12. The standard InChI is InChI=1S/C24H31FO7/c1-12-7-15-16-9-18(28)17-8-14(27)5-6-21(17,3)23(16,25)19(29)10-22(15,4)24(12,31)20(30)11-32-13(2)26/h5-6,8,12,15-16,18-19,28-29,31H,7,9-11H2,1-4H3. The minimum absolute atomic E-state index is 0.0305. The molecule has 0 aliphatic heterocycles. The van der Waals surface area contributed by atoms with Crippen LogP contribution in [0.25, 0.3) is 0 Å². The largest absolute Gasteiger partial charge is 0.458 e. The average molecular weight is 451 g/mol. The minimum Gasteiger partial charge on any atom is -0.458 e. The first kappa shape index (κ1) is 23.3. The third kappa shape index (κ3) is 2.66. The Bertz CT molecular complexity index is 943. The molecule has 0 spiro atoms. The molecule has 0 aromatic carbocycles. The van der Waals surface area contributed by atoms with Gasteiger partial charge in [0.25, 0.3) is 0 Å². The quantitative estimate of drug-likeness (QED) is 0.556. The van der Waals surface area contributed by atoms with Gasteiger partial charge in [0.2, 0.25) is 5.78 Å². The Labute approximate surface area is 186 Å². The molecule has 176 valence electrons. The zero-order chi connectivity index (χ0) is 23.9. The van der Waals surface area contributed by atoms with Gasteiger partial charge in [-0.1, -0.05) is 19.9 Å². The Hall–Kier alpha value is -1.90. The van der Waals surface area contributed by atoms with Gasteiger partial charge in [-0.25, -0.2) is 4.39 Å². The summed E-state index contributed by atoms with van der Waals surface area (Å²) in [6, 6.07) is 0. The number of ketones is 2. The van der Waals surface area contributed by atoms with Gasteiger partial charge in [0.15, 0.2) is 18.1 Å². The molecular weight excluding hydrogens is 419 g/mol. The van der Waals surface area contributed by atoms with Crippen LogP contribution < -0.4 is 0 Å². The first-order chi connectivity index (χ1) is 14.7. The van der Waals surface area contributed by atoms with Crippen molar-refractivity contribution >= 4 is 17.5 Å². The summed E-state index contributed by atoms with van der Waals surface area (Å²) >= 11 is 0. The van der Waals surface area contributed by atoms with Crippen LogP contribution in [0.2, 0.25) is 0 Å². The lowest BCUT2D eigenvalue weighted by Crippen LogP contribution is -2.70. The van der Waals surface area contributed by atoms with Crippen LogP contribution in [0.4, 0.5) is 4.39 Å². The summed E-state index contributed by atoms with van der Waals surface area (Å²) in [5, 5.41) is 33.8. The highest BCUT2D eigenvalue weighted by molar-refractivity contribution is 6.01. The Morgan fingerprint density at radius 3 is 2.50 bits per heavy atom. The van der Waals surface area contributed by atoms with Crippen LogP contribution in [0.15, 0.2) is 23.8 Å². The van der Waals surface area contributed by atoms with Gasteiger partial charge >= 0.3 is 5.97 Å². The molecule has 0 bridgehead atoms. The molecule has 7 nitrogen and oxygen atoms in total. The maximum atomic E-state index is 17.1. The van der Waals surface area contributed by atoms with Crippen LogP contribution in [0.3, 0.4) is 0 Å². The van der Waals surface area contributed by atoms with Gasteiger partial charge in [0.1, 0.15) is 5.60 Å². The Balaban J connectivity index is 1.79. The lowest BCUT2D eigenvalue weighted by molar-refractivity contribution is -0.226. The van der Waals surface area contributed by atoms with Crippen LogP contribution in [-0.2, 0) is 19.1 Å². The number of alkyl halides is 1. The average Bonchev–Trinajstić information content (AvgIpc) is 2.91. The van der Waals surface area contributed by atoms with Crippen molar-refractivity contribution in [3.05, 3.63) is 23.8 Å². The fourth-order valence-corrected chi connectivity index (χ4v) is 7.46. The molecule has 0 aromatic heterocycles. The van der Waals surface area contributed by atoms with E-state index in [1.807, 2.05) is 0 Å². The predicted molar refractivity (Wildman–Crippen MR) is 111 cm³/mol. The van der Waals surface area contributed by atoms with Gasteiger partial charge in [-0.15, -0.1) is 0 Å². The second kappa shape index (κ2) is 7.05. The molecule has 8 heteroatoms. The zero-order valence-electron chi connectivity index (χ0n) is 18.8. The topological polar surface area (TPSA) is 121 Å². The summed E-state index contributed by atoms with van der Waals surface area (Å²) < 4.78 is 21.9. The Morgan fingerprint density at radius 1 is 1.22 bits per heavy atom. The number of ether oxygens (including phenoxy) is 1. The van der Waals surface area contributed by atoms with E-state index >= 15 is 4.39 Å². The SMILES string of the molecule is CC(=O)OCC(=O)C1(O)C(C)CC2C3CC(O)C4=CC(=O)C=CC4(C)C3(F)C(O)CC21C. The molecule has 0 radical (unpaired) electrons. The normalized spacial score (nSPS) is 49.6. The van der Waals surface area contributed by atoms with Gasteiger partial charge in [-0.2, -0.15) is 0 Å². The van der Waals surface area contributed by atoms with Crippen LogP contribution in [0, 0.1) is 28.6 Å². The molecule has 4 aliphatic rings. The van der Waals surface area contributed by atoms with Crippen molar-refractivity contribution in [3.8, 4) is 0 Å². The van der Waals surface area contributed by atoms with Crippen molar-refractivity contribution in [2.75, 3.05) is 6.61 Å². The number of carbonyl (C=O) groups excluding carboxylic acids is 3. The van der Waals surface area contributed by atoms with E-state index in [4.69, 9.17) is 4.74 Å². The van der Waals surface area contributed by atoms with Gasteiger partial charge in [0.05, 0.1) is 12.2 Å². The summed E-state index contributed by atoms with van der Waals surface area (Å²) in [5.74, 6) is -3.60. The van der Waals surface area contributed by atoms with E-state index in [1.54, 1.807) is 20.8 Å². The van der Waals surface area contributed by atoms with Crippen LogP contribution >= 0.6 is 0 Å². The number of Topliss-reactive ketones (excluding diaryl/α,β-unsaturated/α-hetero) is 1. The first-order valence-electron chi connectivity index (χ1n) is 11.1. The lowest BCUT2D eigenvalue weighted by Gasteiger charge is -2.63. The van der Waals surface area contributed by atoms with Crippen LogP contribution in [-0.4, -0.2) is 62.9 Å². The third-order valence-corrected chi connectivity index (χ3v) is 9.08. The van der Waals surface area contributed by atoms with Crippen LogP contribution in [0.1, 0.15) is 47.0 Å². The maximum absolute atomic E-state index is 17.1. The molecule has 3 N–H and O–H groups in total. The van der Waals surface area contributed by atoms with E-state index in [0.717, 1.165) is 0 Å². The molecule has 32 heavy (non-hydrogen) atoms. The summed E-state index contributed by atoms with van der Waals surface area (Å²) in [5.41, 5.74) is -6.44. The number of allylic oxidation sites excluding steroid dienone is 3. The molecule has 9 unspecified atom stereocenters. The lowest BCUT2D eigenvalue weighted by atomic mass is 9.44. The van der Waals surface area contributed by atoms with Gasteiger partial charge in [-0.3, -0.25) is 14.4 Å². The number of fused-ring (bicyclic) bond motifs is 5. The van der Waals surface area contributed by atoms with Crippen molar-refractivity contribution in [3.63, 3.8) is 0 Å². The molecule has 4 aliphatic carbocycles. The Morgan fingerprint density at radius 2 is 1.88 bits per heavy atom. The smallest absolute Gasteiger partial charge is 0.303 e. The third-order valence-electron chi connectivity index (χ3n) is 9.08. The summed E-state index contributed by atoms with van der Waals surface area (Å²) in [7, 11) is 0. The number of aliphatic hydroxyl groups is 3. The second-order valence-corrected chi connectivity index (χ2v) is 10.5. The molecule has 0 amide bonds. The molecule has 4 rings (SSSR count). The van der Waals surface area contributed by atoms with Crippen molar-refractivity contribution in [1.82, 2.24) is 0 Å². The van der Waals surface area contributed by atoms with Gasteiger partial charge in [0, 0.05) is 23.7 Å². The van der Waals surface area contributed by atoms with E-state index in [-0.39, 0.29) is 24.2 Å². The zero-order valence-corrected chi connectivity index (χ0v) is 18.8. The number of esters is 1. The summed E-state index contributed by atoms with van der Waals surface area (Å²) in [4.78, 5) is 36.2. The molecule has 3 saturated carbocycles. The number of carbonyl (C=O) groups is 3. The number of hydrogen-bond donors (Lipinski definition) is 3. The first-order valence-corrected chi connectivity index (χ1v) is 11.1. The fraction of sp³-hybridized carbons (Fsp3) is 0.708. The van der Waals surface area contributed by atoms with Crippen LogP contribution in [0.5, 0.6) is 0 Å². The van der Waals surface area contributed by atoms with Crippen molar-refractivity contribution in [2.45, 2.75) is 70.4 Å².